The molecule has 0 atom stereocenters. The van der Waals surface area contributed by atoms with E-state index in [1.165, 1.54) is 21.6 Å². The first-order chi connectivity index (χ1) is 13.5. The summed E-state index contributed by atoms with van der Waals surface area (Å²) in [6, 6.07) is 6.98. The lowest BCUT2D eigenvalue weighted by atomic mass is 10.1. The highest BCUT2D eigenvalue weighted by atomic mass is 19.1. The van der Waals surface area contributed by atoms with Gasteiger partial charge in [-0.2, -0.15) is 0 Å². The number of hydrogen-bond donors (Lipinski definition) is 1. The fraction of sp³-hybridized carbons (Fsp3) is 0.368. The van der Waals surface area contributed by atoms with Crippen LogP contribution in [0, 0.1) is 5.82 Å². The quantitative estimate of drug-likeness (QED) is 0.841. The molecule has 0 spiro atoms. The number of hydrogen-bond acceptors (Lipinski definition) is 6. The summed E-state index contributed by atoms with van der Waals surface area (Å²) in [7, 11) is 0. The van der Waals surface area contributed by atoms with Crippen LogP contribution in [-0.4, -0.2) is 53.1 Å². The number of ether oxygens (including phenoxy) is 3. The third-order valence-corrected chi connectivity index (χ3v) is 4.68. The molecule has 0 aliphatic carbocycles. The molecule has 148 valence electrons. The van der Waals surface area contributed by atoms with Gasteiger partial charge in [0, 0.05) is 25.7 Å². The summed E-state index contributed by atoms with van der Waals surface area (Å²) in [5.74, 6) is -1.28. The number of benzene rings is 1. The Morgan fingerprint density at radius 1 is 1.14 bits per heavy atom. The standard InChI is InChI=1S/C19H19FN2O6/c20-13-3-1-12(2-4-13)8-21-5-6-22-16(28-14-9-26-11-27-10-14)7-15(23)18(24)17(22)19(21)25/h1-4,7,14,24H,5-6,8-11H2. The Morgan fingerprint density at radius 3 is 2.57 bits per heavy atom. The Hall–Kier alpha value is -2.91. The Labute approximate surface area is 159 Å². The van der Waals surface area contributed by atoms with Crippen molar-refractivity contribution in [3.63, 3.8) is 0 Å². The lowest BCUT2D eigenvalue weighted by Gasteiger charge is -2.32. The molecule has 0 bridgehead atoms. The summed E-state index contributed by atoms with van der Waals surface area (Å²) in [6.45, 7) is 1.70. The fourth-order valence-electron chi connectivity index (χ4n) is 3.29. The third-order valence-electron chi connectivity index (χ3n) is 4.68. The van der Waals surface area contributed by atoms with E-state index in [1.54, 1.807) is 12.1 Å². The van der Waals surface area contributed by atoms with E-state index in [0.717, 1.165) is 11.6 Å². The van der Waals surface area contributed by atoms with Crippen molar-refractivity contribution in [2.75, 3.05) is 26.6 Å². The Kier molecular flexibility index (Phi) is 5.01. The topological polar surface area (TPSA) is 90.2 Å². The van der Waals surface area contributed by atoms with Gasteiger partial charge < -0.3 is 28.8 Å². The van der Waals surface area contributed by atoms with Crippen molar-refractivity contribution in [2.24, 2.45) is 0 Å². The monoisotopic (exact) mass is 390 g/mol. The fourth-order valence-corrected chi connectivity index (χ4v) is 3.29. The predicted octanol–water partition coefficient (Wildman–Crippen LogP) is 1.10. The summed E-state index contributed by atoms with van der Waals surface area (Å²) in [6.07, 6.45) is -0.415. The molecule has 2 aliphatic rings. The van der Waals surface area contributed by atoms with E-state index in [-0.39, 0.29) is 30.7 Å². The minimum Gasteiger partial charge on any atom is -0.503 e. The summed E-state index contributed by atoms with van der Waals surface area (Å²) in [5.41, 5.74) is -0.0710. The van der Waals surface area contributed by atoms with Gasteiger partial charge in [-0.3, -0.25) is 9.59 Å². The molecule has 1 N–H and O–H groups in total. The van der Waals surface area contributed by atoms with E-state index in [9.17, 15) is 19.1 Å². The Bertz CT molecular complexity index is 937. The number of fused-ring (bicyclic) bond motifs is 1. The minimum atomic E-state index is -0.698. The second kappa shape index (κ2) is 7.61. The van der Waals surface area contributed by atoms with Crippen molar-refractivity contribution in [2.45, 2.75) is 19.2 Å². The van der Waals surface area contributed by atoms with Crippen molar-refractivity contribution >= 4 is 5.91 Å². The maximum Gasteiger partial charge on any atom is 0.274 e. The van der Waals surface area contributed by atoms with Crippen molar-refractivity contribution < 1.29 is 28.5 Å². The van der Waals surface area contributed by atoms with Gasteiger partial charge in [0.1, 0.15) is 18.7 Å². The largest absolute Gasteiger partial charge is 0.503 e. The van der Waals surface area contributed by atoms with Crippen LogP contribution in [-0.2, 0) is 22.6 Å². The number of amides is 1. The van der Waals surface area contributed by atoms with Crippen LogP contribution < -0.4 is 10.2 Å². The van der Waals surface area contributed by atoms with Crippen LogP contribution in [0.3, 0.4) is 0 Å². The van der Waals surface area contributed by atoms with Crippen molar-refractivity contribution in [1.82, 2.24) is 9.47 Å². The molecule has 1 aromatic carbocycles. The van der Waals surface area contributed by atoms with Gasteiger partial charge in [0.25, 0.3) is 5.91 Å². The zero-order chi connectivity index (χ0) is 19.7. The molecule has 1 aromatic heterocycles. The first-order valence-corrected chi connectivity index (χ1v) is 8.85. The number of rotatable bonds is 4. The SMILES string of the molecule is O=C1c2c(O)c(=O)cc(OC3COCOC3)n2CCN1Cc1ccc(F)cc1. The average Bonchev–Trinajstić information content (AvgIpc) is 2.70. The zero-order valence-corrected chi connectivity index (χ0v) is 15.0. The number of nitrogens with zero attached hydrogens (tertiary/aromatic N) is 2. The molecule has 3 heterocycles. The Morgan fingerprint density at radius 2 is 1.86 bits per heavy atom. The molecule has 4 rings (SSSR count). The number of carbonyl (C=O) groups is 1. The van der Waals surface area contributed by atoms with E-state index in [2.05, 4.69) is 0 Å². The molecule has 0 unspecified atom stereocenters. The molecule has 1 saturated heterocycles. The lowest BCUT2D eigenvalue weighted by Crippen LogP contribution is -2.42. The Balaban J connectivity index is 1.62. The number of halogens is 1. The van der Waals surface area contributed by atoms with Crippen molar-refractivity contribution in [3.05, 3.63) is 57.6 Å². The van der Waals surface area contributed by atoms with Crippen molar-refractivity contribution in [1.29, 1.82) is 0 Å². The van der Waals surface area contributed by atoms with Crippen LogP contribution in [0.15, 0.2) is 35.1 Å². The number of carbonyl (C=O) groups excluding carboxylic acids is 1. The van der Waals surface area contributed by atoms with Crippen LogP contribution in [0.4, 0.5) is 4.39 Å². The maximum absolute atomic E-state index is 13.1. The highest BCUT2D eigenvalue weighted by molar-refractivity contribution is 5.96. The van der Waals surface area contributed by atoms with Gasteiger partial charge in [-0.1, -0.05) is 12.1 Å². The van der Waals surface area contributed by atoms with Gasteiger partial charge in [0.15, 0.2) is 17.3 Å². The zero-order valence-electron chi connectivity index (χ0n) is 15.0. The van der Waals surface area contributed by atoms with Crippen LogP contribution >= 0.6 is 0 Å². The van der Waals surface area contributed by atoms with Crippen LogP contribution in [0.25, 0.3) is 0 Å². The predicted molar refractivity (Wildman–Crippen MR) is 94.7 cm³/mol. The summed E-state index contributed by atoms with van der Waals surface area (Å²) in [4.78, 5) is 26.6. The van der Waals surface area contributed by atoms with Gasteiger partial charge in [-0.25, -0.2) is 4.39 Å². The maximum atomic E-state index is 13.1. The molecule has 8 nitrogen and oxygen atoms in total. The summed E-state index contributed by atoms with van der Waals surface area (Å²) >= 11 is 0. The van der Waals surface area contributed by atoms with Gasteiger partial charge in [0.2, 0.25) is 5.43 Å². The van der Waals surface area contributed by atoms with Gasteiger partial charge in [-0.05, 0) is 17.7 Å². The molecule has 1 fully saturated rings. The smallest absolute Gasteiger partial charge is 0.274 e. The van der Waals surface area contributed by atoms with E-state index >= 15 is 0 Å². The molecule has 2 aliphatic heterocycles. The molecule has 28 heavy (non-hydrogen) atoms. The molecule has 0 radical (unpaired) electrons. The van der Waals surface area contributed by atoms with Crippen LogP contribution in [0.5, 0.6) is 11.6 Å². The van der Waals surface area contributed by atoms with Crippen LogP contribution in [0.1, 0.15) is 16.1 Å². The van der Waals surface area contributed by atoms with Crippen LogP contribution in [0.2, 0.25) is 0 Å². The lowest BCUT2D eigenvalue weighted by molar-refractivity contribution is -0.145. The summed E-state index contributed by atoms with van der Waals surface area (Å²) in [5, 5.41) is 10.2. The van der Waals surface area contributed by atoms with Gasteiger partial charge in [0.05, 0.1) is 13.2 Å². The minimum absolute atomic E-state index is 0.117. The van der Waals surface area contributed by atoms with E-state index < -0.39 is 23.2 Å². The van der Waals surface area contributed by atoms with Gasteiger partial charge in [-0.15, -0.1) is 0 Å². The first-order valence-electron chi connectivity index (χ1n) is 8.85. The molecule has 2 aromatic rings. The second-order valence-electron chi connectivity index (χ2n) is 6.65. The number of pyridine rings is 1. The normalized spacial score (nSPS) is 17.5. The molecule has 0 saturated carbocycles. The summed E-state index contributed by atoms with van der Waals surface area (Å²) < 4.78 is 30.7. The first kappa shape index (κ1) is 18.5. The molecule has 9 heteroatoms. The average molecular weight is 390 g/mol. The second-order valence-corrected chi connectivity index (χ2v) is 6.65. The molecular weight excluding hydrogens is 371 g/mol. The van der Waals surface area contributed by atoms with E-state index in [0.29, 0.717) is 26.3 Å². The molecule has 1 amide bonds. The van der Waals surface area contributed by atoms with Gasteiger partial charge >= 0.3 is 0 Å². The molecular formula is C19H19FN2O6. The third kappa shape index (κ3) is 3.58. The number of aromatic nitrogens is 1. The van der Waals surface area contributed by atoms with E-state index in [1.807, 2.05) is 0 Å². The highest BCUT2D eigenvalue weighted by Crippen LogP contribution is 2.26. The highest BCUT2D eigenvalue weighted by Gasteiger charge is 2.31. The van der Waals surface area contributed by atoms with Crippen molar-refractivity contribution in [3.8, 4) is 11.6 Å². The van der Waals surface area contributed by atoms with E-state index in [4.69, 9.17) is 14.2 Å². The number of aromatic hydroxyl groups is 1.